The third kappa shape index (κ3) is 3.35. The van der Waals surface area contributed by atoms with Crippen LogP contribution in [0.2, 0.25) is 0 Å². The number of rotatable bonds is 3. The van der Waals surface area contributed by atoms with Crippen LogP contribution < -0.4 is 5.32 Å². The van der Waals surface area contributed by atoms with Gasteiger partial charge in [-0.15, -0.1) is 0 Å². The third-order valence-corrected chi connectivity index (χ3v) is 3.64. The number of hydrogen-bond acceptors (Lipinski definition) is 2. The number of carbonyl (C=O) groups is 2. The summed E-state index contributed by atoms with van der Waals surface area (Å²) in [5.41, 5.74) is 0. The smallest absolute Gasteiger partial charge is 0.326 e. The van der Waals surface area contributed by atoms with Crippen molar-refractivity contribution >= 4 is 12.0 Å². The number of carboxylic acid groups (broad SMARTS) is 1. The molecule has 0 radical (unpaired) electrons. The highest BCUT2D eigenvalue weighted by Gasteiger charge is 2.30. The lowest BCUT2D eigenvalue weighted by atomic mass is 9.92. The first kappa shape index (κ1) is 13.8. The maximum absolute atomic E-state index is 12.0. The Morgan fingerprint density at radius 1 is 1.47 bits per heavy atom. The molecule has 0 bridgehead atoms. The second-order valence-corrected chi connectivity index (χ2v) is 4.80. The SMILES string of the molecule is CC[C@@H](NC(=O)N1CCCC(C)C1C)C(=O)O. The highest BCUT2D eigenvalue weighted by Crippen LogP contribution is 2.22. The number of aliphatic carboxylic acids is 1. The van der Waals surface area contributed by atoms with Gasteiger partial charge in [0.15, 0.2) is 0 Å². The Labute approximate surface area is 102 Å². The zero-order chi connectivity index (χ0) is 13.0. The van der Waals surface area contributed by atoms with Gasteiger partial charge in [0.25, 0.3) is 0 Å². The molecule has 98 valence electrons. The van der Waals surface area contributed by atoms with Crippen LogP contribution in [0.3, 0.4) is 0 Å². The average Bonchev–Trinajstić information content (AvgIpc) is 2.28. The quantitative estimate of drug-likeness (QED) is 0.791. The van der Waals surface area contributed by atoms with Gasteiger partial charge in [-0.3, -0.25) is 0 Å². The van der Waals surface area contributed by atoms with Gasteiger partial charge in [0, 0.05) is 12.6 Å². The van der Waals surface area contributed by atoms with E-state index >= 15 is 0 Å². The first-order valence-electron chi connectivity index (χ1n) is 6.27. The Kier molecular flexibility index (Phi) is 4.78. The number of nitrogens with zero attached hydrogens (tertiary/aromatic N) is 1. The number of nitrogens with one attached hydrogen (secondary N) is 1. The first-order valence-corrected chi connectivity index (χ1v) is 6.27. The zero-order valence-electron chi connectivity index (χ0n) is 10.8. The number of amides is 2. The largest absolute Gasteiger partial charge is 0.480 e. The highest BCUT2D eigenvalue weighted by atomic mass is 16.4. The summed E-state index contributed by atoms with van der Waals surface area (Å²) in [7, 11) is 0. The summed E-state index contributed by atoms with van der Waals surface area (Å²) in [5, 5.41) is 11.5. The van der Waals surface area contributed by atoms with Gasteiger partial charge in [-0.2, -0.15) is 0 Å². The van der Waals surface area contributed by atoms with Crippen molar-refractivity contribution in [3.8, 4) is 0 Å². The van der Waals surface area contributed by atoms with Gasteiger partial charge >= 0.3 is 12.0 Å². The molecular weight excluding hydrogens is 220 g/mol. The van der Waals surface area contributed by atoms with Crippen molar-refractivity contribution in [1.29, 1.82) is 0 Å². The molecule has 1 saturated heterocycles. The summed E-state index contributed by atoms with van der Waals surface area (Å²) in [4.78, 5) is 24.6. The lowest BCUT2D eigenvalue weighted by Gasteiger charge is -2.38. The van der Waals surface area contributed by atoms with Gasteiger partial charge in [-0.05, 0) is 32.1 Å². The van der Waals surface area contributed by atoms with Gasteiger partial charge in [-0.1, -0.05) is 13.8 Å². The van der Waals surface area contributed by atoms with Crippen LogP contribution >= 0.6 is 0 Å². The van der Waals surface area contributed by atoms with E-state index in [9.17, 15) is 9.59 Å². The molecule has 0 aromatic rings. The lowest BCUT2D eigenvalue weighted by Crippen LogP contribution is -2.53. The number of hydrogen-bond donors (Lipinski definition) is 2. The van der Waals surface area contributed by atoms with E-state index < -0.39 is 12.0 Å². The molecule has 1 aliphatic heterocycles. The van der Waals surface area contributed by atoms with Gasteiger partial charge in [-0.25, -0.2) is 9.59 Å². The van der Waals surface area contributed by atoms with Crippen molar-refractivity contribution in [1.82, 2.24) is 10.2 Å². The fourth-order valence-corrected chi connectivity index (χ4v) is 2.19. The van der Waals surface area contributed by atoms with Crippen molar-refractivity contribution in [2.24, 2.45) is 5.92 Å². The predicted octanol–water partition coefficient (Wildman–Crippen LogP) is 1.68. The molecule has 2 unspecified atom stereocenters. The molecule has 1 heterocycles. The van der Waals surface area contributed by atoms with Crippen molar-refractivity contribution in [2.45, 2.75) is 52.1 Å². The van der Waals surface area contributed by atoms with Gasteiger partial charge < -0.3 is 15.3 Å². The lowest BCUT2D eigenvalue weighted by molar-refractivity contribution is -0.139. The minimum absolute atomic E-state index is 0.176. The van der Waals surface area contributed by atoms with Gasteiger partial charge in [0.1, 0.15) is 6.04 Å². The molecule has 1 fully saturated rings. The minimum atomic E-state index is -0.974. The number of urea groups is 1. The molecular formula is C12H22N2O3. The van der Waals surface area contributed by atoms with E-state index in [4.69, 9.17) is 5.11 Å². The summed E-state index contributed by atoms with van der Waals surface area (Å²) >= 11 is 0. The van der Waals surface area contributed by atoms with Crippen LogP contribution in [0.15, 0.2) is 0 Å². The maximum atomic E-state index is 12.0. The molecule has 5 nitrogen and oxygen atoms in total. The summed E-state index contributed by atoms with van der Waals surface area (Å²) in [5.74, 6) is -0.502. The van der Waals surface area contributed by atoms with E-state index in [1.165, 1.54) is 0 Å². The second-order valence-electron chi connectivity index (χ2n) is 4.80. The zero-order valence-corrected chi connectivity index (χ0v) is 10.8. The summed E-state index contributed by atoms with van der Waals surface area (Å²) in [6.07, 6.45) is 2.52. The van der Waals surface area contributed by atoms with E-state index in [1.54, 1.807) is 11.8 Å². The van der Waals surface area contributed by atoms with Crippen LogP contribution in [0.1, 0.15) is 40.0 Å². The molecule has 0 aromatic heterocycles. The van der Waals surface area contributed by atoms with Gasteiger partial charge in [0.2, 0.25) is 0 Å². The van der Waals surface area contributed by atoms with E-state index in [-0.39, 0.29) is 12.1 Å². The minimum Gasteiger partial charge on any atom is -0.480 e. The maximum Gasteiger partial charge on any atom is 0.326 e. The Balaban J connectivity index is 2.60. The Morgan fingerprint density at radius 3 is 2.65 bits per heavy atom. The van der Waals surface area contributed by atoms with E-state index in [2.05, 4.69) is 12.2 Å². The topological polar surface area (TPSA) is 69.6 Å². The van der Waals surface area contributed by atoms with E-state index in [1.807, 2.05) is 6.92 Å². The van der Waals surface area contributed by atoms with Crippen LogP contribution in [-0.2, 0) is 4.79 Å². The molecule has 2 N–H and O–H groups in total. The number of carbonyl (C=O) groups excluding carboxylic acids is 1. The molecule has 0 aliphatic carbocycles. The van der Waals surface area contributed by atoms with Crippen LogP contribution in [0.4, 0.5) is 4.79 Å². The molecule has 1 aliphatic rings. The van der Waals surface area contributed by atoms with Crippen LogP contribution in [0.25, 0.3) is 0 Å². The summed E-state index contributed by atoms with van der Waals surface area (Å²) in [6, 6.07) is -0.861. The summed E-state index contributed by atoms with van der Waals surface area (Å²) in [6.45, 7) is 6.61. The van der Waals surface area contributed by atoms with E-state index in [0.29, 0.717) is 18.9 Å². The Morgan fingerprint density at radius 2 is 2.12 bits per heavy atom. The monoisotopic (exact) mass is 242 g/mol. The predicted molar refractivity (Wildman–Crippen MR) is 64.8 cm³/mol. The third-order valence-electron chi connectivity index (χ3n) is 3.64. The van der Waals surface area contributed by atoms with Crippen LogP contribution in [-0.4, -0.2) is 40.6 Å². The molecule has 2 amide bonds. The van der Waals surface area contributed by atoms with Gasteiger partial charge in [0.05, 0.1) is 0 Å². The molecule has 1 rings (SSSR count). The molecule has 0 spiro atoms. The van der Waals surface area contributed by atoms with Crippen molar-refractivity contribution in [3.05, 3.63) is 0 Å². The summed E-state index contributed by atoms with van der Waals surface area (Å²) < 4.78 is 0. The van der Waals surface area contributed by atoms with Crippen LogP contribution in [0, 0.1) is 5.92 Å². The number of likely N-dealkylation sites (tertiary alicyclic amines) is 1. The van der Waals surface area contributed by atoms with Crippen molar-refractivity contribution in [2.75, 3.05) is 6.54 Å². The molecule has 0 saturated carbocycles. The number of carboxylic acids is 1. The molecule has 17 heavy (non-hydrogen) atoms. The highest BCUT2D eigenvalue weighted by molar-refractivity contribution is 5.82. The van der Waals surface area contributed by atoms with Crippen LogP contribution in [0.5, 0.6) is 0 Å². The fourth-order valence-electron chi connectivity index (χ4n) is 2.19. The van der Waals surface area contributed by atoms with Crippen molar-refractivity contribution in [3.63, 3.8) is 0 Å². The average molecular weight is 242 g/mol. The number of piperidine rings is 1. The molecule has 0 aromatic carbocycles. The Bertz CT molecular complexity index is 293. The standard InChI is InChI=1S/C12H22N2O3/c1-4-10(11(15)16)13-12(17)14-7-5-6-8(2)9(14)3/h8-10H,4-7H2,1-3H3,(H,13,17)(H,15,16)/t8?,9?,10-/m1/s1. The first-order chi connectivity index (χ1) is 7.97. The molecule has 5 heteroatoms. The normalized spacial score (nSPS) is 26.4. The second kappa shape index (κ2) is 5.89. The van der Waals surface area contributed by atoms with Crippen molar-refractivity contribution < 1.29 is 14.7 Å². The fraction of sp³-hybridized carbons (Fsp3) is 0.833. The Hall–Kier alpha value is -1.26. The van der Waals surface area contributed by atoms with E-state index in [0.717, 1.165) is 12.8 Å². The molecule has 3 atom stereocenters.